The number of carbonyl (C=O) groups excluding carboxylic acids is 2. The molecule has 2 aromatic rings. The topological polar surface area (TPSA) is 105 Å². The number of thioether (sulfide) groups is 1. The fourth-order valence-corrected chi connectivity index (χ4v) is 3.92. The number of nitrogens with one attached hydrogen (secondary N) is 2. The van der Waals surface area contributed by atoms with Crippen LogP contribution in [0.3, 0.4) is 0 Å². The fraction of sp³-hybridized carbons (Fsp3) is 0.550. The van der Waals surface area contributed by atoms with Crippen LogP contribution in [-0.2, 0) is 11.8 Å². The summed E-state index contributed by atoms with van der Waals surface area (Å²) in [6.07, 6.45) is 3.49. The van der Waals surface area contributed by atoms with E-state index in [0.29, 0.717) is 23.0 Å². The highest BCUT2D eigenvalue weighted by Crippen LogP contribution is 2.16. The average Bonchev–Trinajstić information content (AvgIpc) is 3.16. The van der Waals surface area contributed by atoms with Crippen molar-refractivity contribution in [1.29, 1.82) is 0 Å². The number of anilines is 1. The molecule has 0 saturated carbocycles. The molecule has 0 atom stereocenters. The molecule has 3 rings (SSSR count). The number of tetrazole rings is 1. The van der Waals surface area contributed by atoms with Gasteiger partial charge in [0.15, 0.2) is 0 Å². The predicted molar refractivity (Wildman–Crippen MR) is 116 cm³/mol. The zero-order valence-corrected chi connectivity index (χ0v) is 18.3. The quantitative estimate of drug-likeness (QED) is 0.461. The van der Waals surface area contributed by atoms with Crippen LogP contribution in [-0.4, -0.2) is 68.9 Å². The molecule has 1 aromatic carbocycles. The number of carbonyl (C=O) groups is 2. The summed E-state index contributed by atoms with van der Waals surface area (Å²) in [6.45, 7) is 6.33. The predicted octanol–water partition coefficient (Wildman–Crippen LogP) is 1.79. The molecule has 1 aliphatic rings. The summed E-state index contributed by atoms with van der Waals surface area (Å²) in [5, 5.41) is 17.4. The first-order valence-corrected chi connectivity index (χ1v) is 11.3. The molecule has 9 nitrogen and oxygen atoms in total. The van der Waals surface area contributed by atoms with Gasteiger partial charge in [0.25, 0.3) is 5.91 Å². The van der Waals surface area contributed by atoms with E-state index in [-0.39, 0.29) is 17.6 Å². The van der Waals surface area contributed by atoms with Crippen molar-refractivity contribution >= 4 is 29.3 Å². The van der Waals surface area contributed by atoms with Crippen LogP contribution < -0.4 is 10.6 Å². The highest BCUT2D eigenvalue weighted by atomic mass is 32.2. The third kappa shape index (κ3) is 6.81. The molecule has 1 aromatic heterocycles. The first-order chi connectivity index (χ1) is 14.5. The summed E-state index contributed by atoms with van der Waals surface area (Å²) in [5.74, 6) is 0.785. The molecule has 1 saturated heterocycles. The second-order valence-electron chi connectivity index (χ2n) is 7.63. The van der Waals surface area contributed by atoms with E-state index in [1.54, 1.807) is 31.3 Å². The van der Waals surface area contributed by atoms with Crippen molar-refractivity contribution in [2.24, 2.45) is 13.0 Å². The molecule has 2 N–H and O–H groups in total. The fourth-order valence-electron chi connectivity index (χ4n) is 3.27. The maximum Gasteiger partial charge on any atom is 0.251 e. The Morgan fingerprint density at radius 2 is 1.93 bits per heavy atom. The number of piperidine rings is 1. The van der Waals surface area contributed by atoms with E-state index in [1.807, 2.05) is 0 Å². The van der Waals surface area contributed by atoms with Crippen LogP contribution >= 0.6 is 11.8 Å². The Hall–Kier alpha value is -2.46. The van der Waals surface area contributed by atoms with Gasteiger partial charge in [0.1, 0.15) is 0 Å². The standard InChI is InChI=1S/C20H29N7O2S/c1-15-8-12-27(13-9-15)11-3-10-21-19(29)16-4-6-17(7-5-16)22-18(28)14-30-20-23-24-25-26(20)2/h4-7,15H,3,8-14H2,1-2H3,(H,21,29)(H,22,28). The minimum Gasteiger partial charge on any atom is -0.352 e. The summed E-state index contributed by atoms with van der Waals surface area (Å²) in [7, 11) is 1.72. The lowest BCUT2D eigenvalue weighted by Crippen LogP contribution is -2.35. The normalized spacial score (nSPS) is 15.1. The Morgan fingerprint density at radius 3 is 2.60 bits per heavy atom. The third-order valence-corrected chi connectivity index (χ3v) is 6.17. The van der Waals surface area contributed by atoms with Gasteiger partial charge in [0.2, 0.25) is 11.1 Å². The number of rotatable bonds is 9. The van der Waals surface area contributed by atoms with E-state index in [0.717, 1.165) is 32.0 Å². The molecule has 0 bridgehead atoms. The maximum absolute atomic E-state index is 12.3. The molecule has 1 fully saturated rings. The van der Waals surface area contributed by atoms with Crippen molar-refractivity contribution in [3.63, 3.8) is 0 Å². The van der Waals surface area contributed by atoms with Crippen LogP contribution in [0.25, 0.3) is 0 Å². The van der Waals surface area contributed by atoms with Crippen molar-refractivity contribution < 1.29 is 9.59 Å². The molecular weight excluding hydrogens is 402 g/mol. The Kier molecular flexibility index (Phi) is 8.21. The van der Waals surface area contributed by atoms with Gasteiger partial charge in [-0.05, 0) is 79.5 Å². The van der Waals surface area contributed by atoms with E-state index in [9.17, 15) is 9.59 Å². The molecule has 2 heterocycles. The Balaban J connectivity index is 1.35. The van der Waals surface area contributed by atoms with Crippen LogP contribution in [0.4, 0.5) is 5.69 Å². The number of hydrogen-bond acceptors (Lipinski definition) is 7. The summed E-state index contributed by atoms with van der Waals surface area (Å²) in [4.78, 5) is 26.8. The van der Waals surface area contributed by atoms with Crippen LogP contribution in [0.15, 0.2) is 29.4 Å². The lowest BCUT2D eigenvalue weighted by Gasteiger charge is -2.30. The SMILES string of the molecule is CC1CCN(CCCNC(=O)c2ccc(NC(=O)CSc3nnnn3C)cc2)CC1. The van der Waals surface area contributed by atoms with Crippen LogP contribution in [0.1, 0.15) is 36.5 Å². The zero-order valence-electron chi connectivity index (χ0n) is 17.5. The van der Waals surface area contributed by atoms with Crippen molar-refractivity contribution in [1.82, 2.24) is 30.4 Å². The molecule has 30 heavy (non-hydrogen) atoms. The first-order valence-electron chi connectivity index (χ1n) is 10.3. The van der Waals surface area contributed by atoms with E-state index in [2.05, 4.69) is 38.0 Å². The van der Waals surface area contributed by atoms with Gasteiger partial charge in [0.05, 0.1) is 5.75 Å². The van der Waals surface area contributed by atoms with Crippen molar-refractivity contribution in [3.8, 4) is 0 Å². The number of hydrogen-bond donors (Lipinski definition) is 2. The third-order valence-electron chi connectivity index (χ3n) is 5.16. The van der Waals surface area contributed by atoms with Crippen molar-refractivity contribution in [3.05, 3.63) is 29.8 Å². The Morgan fingerprint density at radius 1 is 1.20 bits per heavy atom. The summed E-state index contributed by atoms with van der Waals surface area (Å²) < 4.78 is 1.51. The molecule has 0 radical (unpaired) electrons. The van der Waals surface area contributed by atoms with Gasteiger partial charge in [-0.2, -0.15) is 0 Å². The van der Waals surface area contributed by atoms with Gasteiger partial charge in [0, 0.05) is 24.8 Å². The number of nitrogens with zero attached hydrogens (tertiary/aromatic N) is 5. The van der Waals surface area contributed by atoms with Crippen molar-refractivity contribution in [2.75, 3.05) is 37.2 Å². The van der Waals surface area contributed by atoms with Crippen molar-refractivity contribution in [2.45, 2.75) is 31.3 Å². The summed E-state index contributed by atoms with van der Waals surface area (Å²) >= 11 is 1.26. The molecule has 10 heteroatoms. The number of aryl methyl sites for hydroxylation is 1. The number of benzene rings is 1. The van der Waals surface area contributed by atoms with E-state index >= 15 is 0 Å². The zero-order chi connectivity index (χ0) is 21.3. The molecule has 0 aliphatic carbocycles. The first kappa shape index (κ1) is 22.2. The monoisotopic (exact) mass is 431 g/mol. The largest absolute Gasteiger partial charge is 0.352 e. The average molecular weight is 432 g/mol. The van der Waals surface area contributed by atoms with Gasteiger partial charge in [-0.15, -0.1) is 5.10 Å². The highest BCUT2D eigenvalue weighted by molar-refractivity contribution is 7.99. The number of aromatic nitrogens is 4. The summed E-state index contributed by atoms with van der Waals surface area (Å²) in [5.41, 5.74) is 1.23. The van der Waals surface area contributed by atoms with Crippen LogP contribution in [0.2, 0.25) is 0 Å². The second-order valence-corrected chi connectivity index (χ2v) is 8.58. The van der Waals surface area contributed by atoms with Gasteiger partial charge in [-0.1, -0.05) is 18.7 Å². The number of likely N-dealkylation sites (tertiary alicyclic amines) is 1. The van der Waals surface area contributed by atoms with Crippen LogP contribution in [0, 0.1) is 5.92 Å². The Bertz CT molecular complexity index is 832. The lowest BCUT2D eigenvalue weighted by atomic mass is 9.99. The molecule has 1 aliphatic heterocycles. The van der Waals surface area contributed by atoms with E-state index < -0.39 is 0 Å². The molecule has 0 spiro atoms. The summed E-state index contributed by atoms with van der Waals surface area (Å²) in [6, 6.07) is 6.90. The second kappa shape index (κ2) is 11.1. The van der Waals surface area contributed by atoms with E-state index in [1.165, 1.54) is 29.3 Å². The van der Waals surface area contributed by atoms with Crippen LogP contribution in [0.5, 0.6) is 0 Å². The van der Waals surface area contributed by atoms with Gasteiger partial charge in [-0.3, -0.25) is 9.59 Å². The molecule has 0 unspecified atom stereocenters. The lowest BCUT2D eigenvalue weighted by molar-refractivity contribution is -0.113. The smallest absolute Gasteiger partial charge is 0.251 e. The highest BCUT2D eigenvalue weighted by Gasteiger charge is 2.15. The number of amides is 2. The van der Waals surface area contributed by atoms with E-state index in [4.69, 9.17) is 0 Å². The minimum absolute atomic E-state index is 0.0921. The van der Waals surface area contributed by atoms with Gasteiger partial charge in [-0.25, -0.2) is 4.68 Å². The molecular formula is C20H29N7O2S. The van der Waals surface area contributed by atoms with Gasteiger partial charge < -0.3 is 15.5 Å². The van der Waals surface area contributed by atoms with Gasteiger partial charge >= 0.3 is 0 Å². The molecule has 2 amide bonds. The minimum atomic E-state index is -0.160. The Labute approximate surface area is 181 Å². The molecule has 162 valence electrons. The maximum atomic E-state index is 12.3.